The molecule has 3 aromatic rings. The highest BCUT2D eigenvalue weighted by Crippen LogP contribution is 2.31. The van der Waals surface area contributed by atoms with Crippen LogP contribution in [0.2, 0.25) is 10.0 Å². The van der Waals surface area contributed by atoms with Crippen LogP contribution in [0.3, 0.4) is 0 Å². The molecule has 0 radical (unpaired) electrons. The number of carbonyl (C=O) groups excluding carboxylic acids is 4. The van der Waals surface area contributed by atoms with Crippen molar-refractivity contribution in [3.05, 3.63) is 98.6 Å². The van der Waals surface area contributed by atoms with E-state index < -0.39 is 23.7 Å². The lowest BCUT2D eigenvalue weighted by Crippen LogP contribution is -2.32. The predicted molar refractivity (Wildman–Crippen MR) is 142 cm³/mol. The van der Waals surface area contributed by atoms with E-state index in [1.54, 1.807) is 37.3 Å². The molecule has 0 unspecified atom stereocenters. The second-order valence-corrected chi connectivity index (χ2v) is 8.97. The second-order valence-electron chi connectivity index (χ2n) is 7.72. The first-order chi connectivity index (χ1) is 17.7. The summed E-state index contributed by atoms with van der Waals surface area (Å²) in [5.41, 5.74) is 1.39. The third-order valence-corrected chi connectivity index (χ3v) is 5.97. The van der Waals surface area contributed by atoms with Gasteiger partial charge in [0.1, 0.15) is 10.7 Å². The van der Waals surface area contributed by atoms with E-state index in [9.17, 15) is 19.2 Å². The number of anilines is 3. The van der Waals surface area contributed by atoms with E-state index in [-0.39, 0.29) is 28.6 Å². The van der Waals surface area contributed by atoms with Gasteiger partial charge in [0.05, 0.1) is 17.9 Å². The first-order valence-corrected chi connectivity index (χ1v) is 12.0. The molecule has 188 valence electrons. The van der Waals surface area contributed by atoms with Crippen molar-refractivity contribution in [2.45, 2.75) is 6.92 Å². The third kappa shape index (κ3) is 5.77. The van der Waals surface area contributed by atoms with Crippen LogP contribution >= 0.6 is 34.8 Å². The van der Waals surface area contributed by atoms with Gasteiger partial charge in [-0.25, -0.2) is 9.69 Å². The molecule has 4 rings (SSSR count). The maximum absolute atomic E-state index is 13.1. The Morgan fingerprint density at radius 3 is 2.16 bits per heavy atom. The fourth-order valence-electron chi connectivity index (χ4n) is 3.51. The Balaban J connectivity index is 1.48. The zero-order valence-corrected chi connectivity index (χ0v) is 21.4. The van der Waals surface area contributed by atoms with E-state index in [0.717, 1.165) is 4.90 Å². The molecule has 0 atom stereocenters. The summed E-state index contributed by atoms with van der Waals surface area (Å²) in [6.07, 6.45) is 0. The Morgan fingerprint density at radius 2 is 1.51 bits per heavy atom. The Bertz CT molecular complexity index is 1430. The molecule has 0 fully saturated rings. The number of rotatable bonds is 7. The van der Waals surface area contributed by atoms with E-state index in [2.05, 4.69) is 10.6 Å². The second kappa shape index (κ2) is 11.0. The summed E-state index contributed by atoms with van der Waals surface area (Å²) < 4.78 is 4.97. The molecule has 1 aliphatic heterocycles. The fourth-order valence-corrected chi connectivity index (χ4v) is 4.25. The number of nitrogens with zero attached hydrogens (tertiary/aromatic N) is 1. The maximum Gasteiger partial charge on any atom is 0.338 e. The number of esters is 1. The van der Waals surface area contributed by atoms with Crippen LogP contribution in [0.25, 0.3) is 0 Å². The summed E-state index contributed by atoms with van der Waals surface area (Å²) in [4.78, 5) is 51.3. The van der Waals surface area contributed by atoms with Gasteiger partial charge in [0.15, 0.2) is 0 Å². The quantitative estimate of drug-likeness (QED) is 0.278. The van der Waals surface area contributed by atoms with Gasteiger partial charge in [-0.15, -0.1) is 0 Å². The number of carbonyl (C=O) groups is 4. The van der Waals surface area contributed by atoms with Crippen molar-refractivity contribution in [1.29, 1.82) is 0 Å². The van der Waals surface area contributed by atoms with Crippen LogP contribution in [0, 0.1) is 0 Å². The van der Waals surface area contributed by atoms with Crippen molar-refractivity contribution >= 4 is 75.6 Å². The van der Waals surface area contributed by atoms with Gasteiger partial charge < -0.3 is 15.4 Å². The summed E-state index contributed by atoms with van der Waals surface area (Å²) in [6.45, 7) is 1.85. The highest BCUT2D eigenvalue weighted by molar-refractivity contribution is 6.53. The average molecular weight is 559 g/mol. The zero-order valence-electron chi connectivity index (χ0n) is 19.2. The summed E-state index contributed by atoms with van der Waals surface area (Å²) in [5, 5.41) is 5.98. The van der Waals surface area contributed by atoms with Crippen LogP contribution in [-0.2, 0) is 14.3 Å². The van der Waals surface area contributed by atoms with E-state index in [0.29, 0.717) is 27.0 Å². The molecule has 8 nitrogen and oxygen atoms in total. The molecule has 1 heterocycles. The van der Waals surface area contributed by atoms with Crippen LogP contribution in [-0.4, -0.2) is 30.3 Å². The van der Waals surface area contributed by atoms with Gasteiger partial charge in [-0.1, -0.05) is 40.9 Å². The first kappa shape index (κ1) is 26.2. The van der Waals surface area contributed by atoms with Crippen LogP contribution in [0.4, 0.5) is 17.1 Å². The molecular formula is C26H18Cl3N3O5. The predicted octanol–water partition coefficient (Wildman–Crippen LogP) is 5.86. The van der Waals surface area contributed by atoms with Crippen LogP contribution < -0.4 is 15.5 Å². The van der Waals surface area contributed by atoms with Crippen LogP contribution in [0.15, 0.2) is 77.5 Å². The van der Waals surface area contributed by atoms with Crippen molar-refractivity contribution in [3.8, 4) is 0 Å². The highest BCUT2D eigenvalue weighted by Gasteiger charge is 2.39. The van der Waals surface area contributed by atoms with Gasteiger partial charge in [0.25, 0.3) is 17.7 Å². The van der Waals surface area contributed by atoms with Crippen LogP contribution in [0.5, 0.6) is 0 Å². The normalized spacial score (nSPS) is 13.1. The molecule has 2 N–H and O–H groups in total. The molecule has 37 heavy (non-hydrogen) atoms. The molecule has 0 aromatic heterocycles. The topological polar surface area (TPSA) is 105 Å². The number of benzene rings is 3. The number of imide groups is 1. The van der Waals surface area contributed by atoms with Crippen molar-refractivity contribution in [2.75, 3.05) is 22.1 Å². The van der Waals surface area contributed by atoms with E-state index in [1.165, 1.54) is 36.4 Å². The maximum atomic E-state index is 13.1. The Morgan fingerprint density at radius 1 is 0.838 bits per heavy atom. The standard InChI is InChI=1S/C26H18Cl3N3O5/c1-2-37-26(36)15-4-3-5-20(10-15)32-24(34)21(29)22(25(32)35)30-18-8-6-14(7-9-18)23(33)31-19-12-16(27)11-17(28)13-19/h3-13,30H,2H2,1H3,(H,31,33). The Kier molecular flexibility index (Phi) is 7.83. The smallest absolute Gasteiger partial charge is 0.338 e. The van der Waals surface area contributed by atoms with Gasteiger partial charge in [-0.05, 0) is 67.6 Å². The number of nitrogens with one attached hydrogen (secondary N) is 2. The molecule has 11 heteroatoms. The Labute approximate surface area is 226 Å². The fraction of sp³-hybridized carbons (Fsp3) is 0.0769. The monoisotopic (exact) mass is 557 g/mol. The molecule has 3 aromatic carbocycles. The molecule has 0 aliphatic carbocycles. The largest absolute Gasteiger partial charge is 0.462 e. The first-order valence-electron chi connectivity index (χ1n) is 10.9. The lowest BCUT2D eigenvalue weighted by atomic mass is 10.1. The molecular weight excluding hydrogens is 541 g/mol. The van der Waals surface area contributed by atoms with Gasteiger partial charge in [-0.3, -0.25) is 14.4 Å². The molecule has 1 aliphatic rings. The van der Waals surface area contributed by atoms with E-state index in [4.69, 9.17) is 39.5 Å². The summed E-state index contributed by atoms with van der Waals surface area (Å²) in [5.74, 6) is -2.42. The van der Waals surface area contributed by atoms with Gasteiger partial charge in [0.2, 0.25) is 0 Å². The summed E-state index contributed by atoms with van der Waals surface area (Å²) in [7, 11) is 0. The van der Waals surface area contributed by atoms with Gasteiger partial charge in [0, 0.05) is 27.0 Å². The SMILES string of the molecule is CCOC(=O)c1cccc(N2C(=O)C(Cl)=C(Nc3ccc(C(=O)Nc4cc(Cl)cc(Cl)c4)cc3)C2=O)c1. The average Bonchev–Trinajstić information content (AvgIpc) is 3.07. The number of amides is 3. The van der Waals surface area contributed by atoms with Crippen molar-refractivity contribution in [1.82, 2.24) is 0 Å². The lowest BCUT2D eigenvalue weighted by Gasteiger charge is -2.16. The number of halogens is 3. The molecule has 0 saturated carbocycles. The van der Waals surface area contributed by atoms with Crippen molar-refractivity contribution in [3.63, 3.8) is 0 Å². The molecule has 3 amide bonds. The van der Waals surface area contributed by atoms with Crippen LogP contribution in [0.1, 0.15) is 27.6 Å². The van der Waals surface area contributed by atoms with E-state index >= 15 is 0 Å². The zero-order chi connectivity index (χ0) is 26.7. The van der Waals surface area contributed by atoms with Gasteiger partial charge in [-0.2, -0.15) is 0 Å². The minimum absolute atomic E-state index is 0.140. The number of hydrogen-bond donors (Lipinski definition) is 2. The minimum Gasteiger partial charge on any atom is -0.462 e. The van der Waals surface area contributed by atoms with E-state index in [1.807, 2.05) is 0 Å². The highest BCUT2D eigenvalue weighted by atomic mass is 35.5. The third-order valence-electron chi connectivity index (χ3n) is 5.18. The summed E-state index contributed by atoms with van der Waals surface area (Å²) in [6, 6.07) is 16.8. The Hall–Kier alpha value is -3.85. The van der Waals surface area contributed by atoms with Gasteiger partial charge >= 0.3 is 5.97 Å². The van der Waals surface area contributed by atoms with Crippen molar-refractivity contribution in [2.24, 2.45) is 0 Å². The minimum atomic E-state index is -0.744. The molecule has 0 spiro atoms. The number of hydrogen-bond acceptors (Lipinski definition) is 6. The molecule has 0 saturated heterocycles. The lowest BCUT2D eigenvalue weighted by molar-refractivity contribution is -0.120. The molecule has 0 bridgehead atoms. The van der Waals surface area contributed by atoms with Crippen molar-refractivity contribution < 1.29 is 23.9 Å². The summed E-state index contributed by atoms with van der Waals surface area (Å²) >= 11 is 18.1. The number of ether oxygens (including phenoxy) is 1.